The first-order valence-electron chi connectivity index (χ1n) is 4.58. The lowest BCUT2D eigenvalue weighted by Gasteiger charge is -2.32. The van der Waals surface area contributed by atoms with E-state index in [0.29, 0.717) is 6.04 Å². The summed E-state index contributed by atoms with van der Waals surface area (Å²) in [6, 6.07) is 0.555. The predicted molar refractivity (Wildman–Crippen MR) is 47.1 cm³/mol. The second-order valence-corrected chi connectivity index (χ2v) is 3.74. The van der Waals surface area contributed by atoms with Crippen LogP contribution in [0.25, 0.3) is 0 Å². The Labute approximate surface area is 73.4 Å². The number of piperidine rings is 1. The number of hydrogen-bond donors (Lipinski definition) is 1. The maximum atomic E-state index is 10.6. The first-order chi connectivity index (χ1) is 5.61. The summed E-state index contributed by atoms with van der Waals surface area (Å²) in [4.78, 5) is 12.9. The Morgan fingerprint density at radius 1 is 1.42 bits per heavy atom. The number of carboxylic acids is 1. The normalized spacial score (nSPS) is 21.6. The molecule has 0 aromatic heterocycles. The Morgan fingerprint density at radius 3 is 2.25 bits per heavy atom. The standard InChI is InChI=1S/C9H17NO2/c1-7(2)10-5-3-8(4-6-10)9(11)12/h7-8H,3-6H2,1-2H3,(H,11,12). The van der Waals surface area contributed by atoms with E-state index in [0.717, 1.165) is 25.9 Å². The zero-order valence-corrected chi connectivity index (χ0v) is 7.79. The number of rotatable bonds is 2. The van der Waals surface area contributed by atoms with Crippen molar-refractivity contribution in [2.75, 3.05) is 13.1 Å². The van der Waals surface area contributed by atoms with Gasteiger partial charge in [0.15, 0.2) is 0 Å². The predicted octanol–water partition coefficient (Wildman–Crippen LogP) is 1.19. The third kappa shape index (κ3) is 2.21. The largest absolute Gasteiger partial charge is 0.481 e. The van der Waals surface area contributed by atoms with Gasteiger partial charge in [0.25, 0.3) is 0 Å². The maximum absolute atomic E-state index is 10.6. The van der Waals surface area contributed by atoms with E-state index in [1.807, 2.05) is 0 Å². The molecule has 1 fully saturated rings. The first kappa shape index (κ1) is 9.52. The summed E-state index contributed by atoms with van der Waals surface area (Å²) < 4.78 is 0. The maximum Gasteiger partial charge on any atom is 0.306 e. The van der Waals surface area contributed by atoms with Gasteiger partial charge in [0.1, 0.15) is 0 Å². The van der Waals surface area contributed by atoms with Crippen molar-refractivity contribution in [2.45, 2.75) is 32.7 Å². The molecule has 1 N–H and O–H groups in total. The summed E-state index contributed by atoms with van der Waals surface area (Å²) in [6.07, 6.45) is 1.63. The van der Waals surface area contributed by atoms with Crippen LogP contribution in [0.1, 0.15) is 26.7 Å². The topological polar surface area (TPSA) is 40.5 Å². The number of nitrogens with zero attached hydrogens (tertiary/aromatic N) is 1. The minimum absolute atomic E-state index is 0.0972. The molecule has 0 aromatic rings. The molecule has 1 aliphatic rings. The fraction of sp³-hybridized carbons (Fsp3) is 0.889. The van der Waals surface area contributed by atoms with Crippen molar-refractivity contribution in [2.24, 2.45) is 5.92 Å². The molecule has 0 saturated carbocycles. The van der Waals surface area contributed by atoms with Gasteiger partial charge in [-0.3, -0.25) is 4.79 Å². The smallest absolute Gasteiger partial charge is 0.306 e. The van der Waals surface area contributed by atoms with Crippen LogP contribution in [0.5, 0.6) is 0 Å². The molecule has 0 bridgehead atoms. The Bertz CT molecular complexity index is 160. The van der Waals surface area contributed by atoms with Crippen LogP contribution in [-0.2, 0) is 4.79 Å². The van der Waals surface area contributed by atoms with Crippen LogP contribution >= 0.6 is 0 Å². The van der Waals surface area contributed by atoms with Gasteiger partial charge >= 0.3 is 5.97 Å². The number of likely N-dealkylation sites (tertiary alicyclic amines) is 1. The van der Waals surface area contributed by atoms with Crippen molar-refractivity contribution in [1.82, 2.24) is 4.90 Å². The highest BCUT2D eigenvalue weighted by Crippen LogP contribution is 2.18. The zero-order chi connectivity index (χ0) is 9.14. The molecule has 70 valence electrons. The average Bonchev–Trinajstić information content (AvgIpc) is 2.04. The van der Waals surface area contributed by atoms with Gasteiger partial charge in [0.05, 0.1) is 5.92 Å². The number of aliphatic carboxylic acids is 1. The number of carbonyl (C=O) groups is 1. The summed E-state index contributed by atoms with van der Waals surface area (Å²) in [5.74, 6) is -0.724. The molecule has 0 amide bonds. The first-order valence-corrected chi connectivity index (χ1v) is 4.58. The lowest BCUT2D eigenvalue weighted by molar-refractivity contribution is -0.143. The van der Waals surface area contributed by atoms with Crippen LogP contribution in [0.2, 0.25) is 0 Å². The minimum Gasteiger partial charge on any atom is -0.481 e. The fourth-order valence-electron chi connectivity index (χ4n) is 1.66. The van der Waals surface area contributed by atoms with Crippen LogP contribution in [0, 0.1) is 5.92 Å². The molecule has 0 radical (unpaired) electrons. The van der Waals surface area contributed by atoms with Crippen LogP contribution in [0.3, 0.4) is 0 Å². The van der Waals surface area contributed by atoms with E-state index in [9.17, 15) is 4.79 Å². The van der Waals surface area contributed by atoms with Crippen LogP contribution in [0.15, 0.2) is 0 Å². The highest BCUT2D eigenvalue weighted by atomic mass is 16.4. The summed E-state index contributed by atoms with van der Waals surface area (Å²) >= 11 is 0. The van der Waals surface area contributed by atoms with Gasteiger partial charge in [0.2, 0.25) is 0 Å². The average molecular weight is 171 g/mol. The quantitative estimate of drug-likeness (QED) is 0.678. The third-order valence-corrected chi connectivity index (χ3v) is 2.61. The molecule has 0 aliphatic carbocycles. The number of carboxylic acid groups (broad SMARTS) is 1. The Kier molecular flexibility index (Phi) is 3.09. The van der Waals surface area contributed by atoms with Crippen molar-refractivity contribution in [3.05, 3.63) is 0 Å². The third-order valence-electron chi connectivity index (χ3n) is 2.61. The lowest BCUT2D eigenvalue weighted by atomic mass is 9.96. The summed E-state index contributed by atoms with van der Waals surface area (Å²) in [6.45, 7) is 6.19. The van der Waals surface area contributed by atoms with Crippen LogP contribution < -0.4 is 0 Å². The second kappa shape index (κ2) is 3.90. The molecule has 1 aliphatic heterocycles. The van der Waals surface area contributed by atoms with Crippen molar-refractivity contribution in [3.63, 3.8) is 0 Å². The zero-order valence-electron chi connectivity index (χ0n) is 7.79. The molecule has 1 rings (SSSR count). The summed E-state index contributed by atoms with van der Waals surface area (Å²) in [5, 5.41) is 8.74. The van der Waals surface area contributed by atoms with E-state index in [1.54, 1.807) is 0 Å². The van der Waals surface area contributed by atoms with E-state index < -0.39 is 5.97 Å². The molecule has 0 aromatic carbocycles. The van der Waals surface area contributed by atoms with Crippen molar-refractivity contribution in [1.29, 1.82) is 0 Å². The molecule has 0 spiro atoms. The van der Waals surface area contributed by atoms with Gasteiger partial charge in [-0.05, 0) is 39.8 Å². The highest BCUT2D eigenvalue weighted by Gasteiger charge is 2.25. The summed E-state index contributed by atoms with van der Waals surface area (Å²) in [5.41, 5.74) is 0. The van der Waals surface area contributed by atoms with Gasteiger partial charge in [-0.15, -0.1) is 0 Å². The van der Waals surface area contributed by atoms with E-state index in [2.05, 4.69) is 18.7 Å². The summed E-state index contributed by atoms with van der Waals surface area (Å²) in [7, 11) is 0. The molecular formula is C9H17NO2. The lowest BCUT2D eigenvalue weighted by Crippen LogP contribution is -2.40. The Morgan fingerprint density at radius 2 is 1.92 bits per heavy atom. The molecule has 1 saturated heterocycles. The number of hydrogen-bond acceptors (Lipinski definition) is 2. The van der Waals surface area contributed by atoms with Gasteiger partial charge in [0, 0.05) is 6.04 Å². The fourth-order valence-corrected chi connectivity index (χ4v) is 1.66. The van der Waals surface area contributed by atoms with Crippen molar-refractivity contribution in [3.8, 4) is 0 Å². The Hall–Kier alpha value is -0.570. The van der Waals surface area contributed by atoms with E-state index in [4.69, 9.17) is 5.11 Å². The minimum atomic E-state index is -0.626. The molecule has 1 heterocycles. The second-order valence-electron chi connectivity index (χ2n) is 3.74. The van der Waals surface area contributed by atoms with Gasteiger partial charge in [-0.2, -0.15) is 0 Å². The van der Waals surface area contributed by atoms with Crippen LogP contribution in [-0.4, -0.2) is 35.1 Å². The molecule has 3 nitrogen and oxygen atoms in total. The van der Waals surface area contributed by atoms with Crippen molar-refractivity contribution < 1.29 is 9.90 Å². The molecule has 0 unspecified atom stereocenters. The van der Waals surface area contributed by atoms with E-state index in [-0.39, 0.29) is 5.92 Å². The van der Waals surface area contributed by atoms with Gasteiger partial charge in [-0.1, -0.05) is 0 Å². The SMILES string of the molecule is CC(C)N1CCC(C(=O)O)CC1. The highest BCUT2D eigenvalue weighted by molar-refractivity contribution is 5.70. The molecular weight excluding hydrogens is 154 g/mol. The van der Waals surface area contributed by atoms with Crippen molar-refractivity contribution >= 4 is 5.97 Å². The van der Waals surface area contributed by atoms with Crippen LogP contribution in [0.4, 0.5) is 0 Å². The molecule has 3 heteroatoms. The molecule has 0 atom stereocenters. The van der Waals surface area contributed by atoms with E-state index in [1.165, 1.54) is 0 Å². The van der Waals surface area contributed by atoms with Gasteiger partial charge in [-0.25, -0.2) is 0 Å². The van der Waals surface area contributed by atoms with E-state index >= 15 is 0 Å². The Balaban J connectivity index is 2.34. The van der Waals surface area contributed by atoms with Gasteiger partial charge < -0.3 is 10.0 Å². The monoisotopic (exact) mass is 171 g/mol. The molecule has 12 heavy (non-hydrogen) atoms.